The van der Waals surface area contributed by atoms with Crippen LogP contribution in [0.4, 0.5) is 0 Å². The van der Waals surface area contributed by atoms with Gasteiger partial charge in [-0.3, -0.25) is 9.78 Å². The Hall–Kier alpha value is -1.22. The van der Waals surface area contributed by atoms with E-state index in [9.17, 15) is 9.90 Å². The number of pyridine rings is 1. The summed E-state index contributed by atoms with van der Waals surface area (Å²) in [5.41, 5.74) is 1.63. The summed E-state index contributed by atoms with van der Waals surface area (Å²) in [6.07, 6.45) is 1.97. The Morgan fingerprint density at radius 3 is 2.63 bits per heavy atom. The number of aromatic nitrogens is 1. The minimum absolute atomic E-state index is 0.175. The Kier molecular flexibility index (Phi) is 5.67. The highest BCUT2D eigenvalue weighted by Gasteiger charge is 2.16. The first-order chi connectivity index (χ1) is 8.81. The van der Waals surface area contributed by atoms with Gasteiger partial charge in [-0.15, -0.1) is 0 Å². The summed E-state index contributed by atoms with van der Waals surface area (Å²) in [5, 5.41) is 10.2. The molecule has 0 saturated carbocycles. The lowest BCUT2D eigenvalue weighted by Gasteiger charge is -2.20. The van der Waals surface area contributed by atoms with Crippen LogP contribution in [0.5, 0.6) is 0 Å². The molecule has 0 aromatic carbocycles. The third-order valence-electron chi connectivity index (χ3n) is 3.11. The van der Waals surface area contributed by atoms with Crippen LogP contribution in [0, 0.1) is 5.41 Å². The van der Waals surface area contributed by atoms with Crippen LogP contribution in [0.2, 0.25) is 0 Å². The molecule has 0 spiro atoms. The van der Waals surface area contributed by atoms with Gasteiger partial charge in [0.2, 0.25) is 0 Å². The normalized spacial score (nSPS) is 13.3. The molecule has 1 atom stereocenters. The molecular formula is C16H25NO2. The summed E-state index contributed by atoms with van der Waals surface area (Å²) in [5.74, 6) is 0.175. The third kappa shape index (κ3) is 5.97. The quantitative estimate of drug-likeness (QED) is 0.855. The average molecular weight is 263 g/mol. The Bertz CT molecular complexity index is 421. The number of hydrogen-bond donors (Lipinski definition) is 1. The largest absolute Gasteiger partial charge is 0.387 e. The fourth-order valence-electron chi connectivity index (χ4n) is 1.83. The highest BCUT2D eigenvalue weighted by molar-refractivity contribution is 5.80. The number of hydrogen-bond acceptors (Lipinski definition) is 3. The Labute approximate surface area is 116 Å². The molecule has 106 valence electrons. The van der Waals surface area contributed by atoms with Gasteiger partial charge in [0.15, 0.2) is 0 Å². The van der Waals surface area contributed by atoms with Crippen molar-refractivity contribution in [3.05, 3.63) is 29.6 Å². The molecule has 1 rings (SSSR count). The molecule has 1 aromatic heterocycles. The molecule has 0 aliphatic carbocycles. The van der Waals surface area contributed by atoms with E-state index in [1.54, 1.807) is 0 Å². The molecule has 0 bridgehead atoms. The molecule has 19 heavy (non-hydrogen) atoms. The molecule has 0 fully saturated rings. The van der Waals surface area contributed by atoms with Crippen molar-refractivity contribution in [3.63, 3.8) is 0 Å². The van der Waals surface area contributed by atoms with E-state index in [4.69, 9.17) is 0 Å². The van der Waals surface area contributed by atoms with Gasteiger partial charge >= 0.3 is 0 Å². The maximum atomic E-state index is 11.4. The van der Waals surface area contributed by atoms with Crippen molar-refractivity contribution in [1.29, 1.82) is 0 Å². The van der Waals surface area contributed by atoms with Crippen LogP contribution in [0.15, 0.2) is 18.2 Å². The maximum absolute atomic E-state index is 11.4. The highest BCUT2D eigenvalue weighted by Crippen LogP contribution is 2.26. The first-order valence-corrected chi connectivity index (χ1v) is 6.97. The molecule has 0 aliphatic heterocycles. The van der Waals surface area contributed by atoms with Crippen LogP contribution < -0.4 is 0 Å². The summed E-state index contributed by atoms with van der Waals surface area (Å²) in [4.78, 5) is 15.8. The van der Waals surface area contributed by atoms with Crippen LogP contribution in [0.3, 0.4) is 0 Å². The van der Waals surface area contributed by atoms with Gasteiger partial charge in [0, 0.05) is 18.5 Å². The maximum Gasteiger partial charge on any atom is 0.138 e. The first-order valence-electron chi connectivity index (χ1n) is 6.97. The summed E-state index contributed by atoms with van der Waals surface area (Å²) in [6, 6.07) is 5.53. The van der Waals surface area contributed by atoms with Crippen molar-refractivity contribution < 1.29 is 9.90 Å². The zero-order chi connectivity index (χ0) is 14.5. The molecule has 0 saturated heterocycles. The molecule has 0 aliphatic rings. The summed E-state index contributed by atoms with van der Waals surface area (Å²) in [7, 11) is 0. The van der Waals surface area contributed by atoms with Crippen molar-refractivity contribution in [2.75, 3.05) is 0 Å². The standard InChI is InChI=1S/C16H25NO2/c1-5-13(18)11-12-7-6-8-14(17-12)15(19)9-10-16(2,3)4/h6-8,15,19H,5,9-11H2,1-4H3/t15-/m0/s1. The number of carbonyl (C=O) groups is 1. The van der Waals surface area contributed by atoms with Gasteiger partial charge in [0.05, 0.1) is 11.8 Å². The van der Waals surface area contributed by atoms with Crippen LogP contribution in [-0.2, 0) is 11.2 Å². The van der Waals surface area contributed by atoms with Gasteiger partial charge in [-0.2, -0.15) is 0 Å². The van der Waals surface area contributed by atoms with E-state index in [2.05, 4.69) is 25.8 Å². The Balaban J connectivity index is 2.67. The number of rotatable bonds is 6. The molecule has 1 N–H and O–H groups in total. The number of carbonyl (C=O) groups excluding carboxylic acids is 1. The predicted molar refractivity (Wildman–Crippen MR) is 76.9 cm³/mol. The third-order valence-corrected chi connectivity index (χ3v) is 3.11. The number of ketones is 1. The van der Waals surface area contributed by atoms with Crippen LogP contribution >= 0.6 is 0 Å². The fourth-order valence-corrected chi connectivity index (χ4v) is 1.83. The molecule has 1 heterocycles. The minimum atomic E-state index is -0.545. The second-order valence-corrected chi connectivity index (χ2v) is 6.24. The van der Waals surface area contributed by atoms with E-state index < -0.39 is 6.10 Å². The summed E-state index contributed by atoms with van der Waals surface area (Å²) < 4.78 is 0. The zero-order valence-corrected chi connectivity index (χ0v) is 12.4. The Morgan fingerprint density at radius 1 is 1.37 bits per heavy atom. The van der Waals surface area contributed by atoms with Gasteiger partial charge < -0.3 is 5.11 Å². The molecule has 1 aromatic rings. The average Bonchev–Trinajstić information content (AvgIpc) is 2.35. The van der Waals surface area contributed by atoms with E-state index >= 15 is 0 Å². The topological polar surface area (TPSA) is 50.2 Å². The van der Waals surface area contributed by atoms with Crippen LogP contribution in [0.25, 0.3) is 0 Å². The SMILES string of the molecule is CCC(=O)Cc1cccc([C@@H](O)CCC(C)(C)C)n1. The number of aliphatic hydroxyl groups excluding tert-OH is 1. The fraction of sp³-hybridized carbons (Fsp3) is 0.625. The van der Waals surface area contributed by atoms with Crippen molar-refractivity contribution >= 4 is 5.78 Å². The second kappa shape index (κ2) is 6.80. The predicted octanol–water partition coefficient (Wildman–Crippen LogP) is 3.46. The lowest BCUT2D eigenvalue weighted by molar-refractivity contribution is -0.118. The first kappa shape index (κ1) is 15.8. The van der Waals surface area contributed by atoms with E-state index in [0.29, 0.717) is 25.0 Å². The van der Waals surface area contributed by atoms with Gasteiger partial charge in [-0.1, -0.05) is 33.8 Å². The lowest BCUT2D eigenvalue weighted by atomic mass is 9.88. The number of aliphatic hydroxyl groups is 1. The van der Waals surface area contributed by atoms with Crippen molar-refractivity contribution in [3.8, 4) is 0 Å². The summed E-state index contributed by atoms with van der Waals surface area (Å²) in [6.45, 7) is 8.32. The van der Waals surface area contributed by atoms with Gasteiger partial charge in [-0.05, 0) is 30.4 Å². The second-order valence-electron chi connectivity index (χ2n) is 6.24. The van der Waals surface area contributed by atoms with Crippen molar-refractivity contribution in [2.24, 2.45) is 5.41 Å². The molecule has 3 heteroatoms. The molecule has 0 unspecified atom stereocenters. The monoisotopic (exact) mass is 263 g/mol. The van der Waals surface area contributed by atoms with Crippen molar-refractivity contribution in [1.82, 2.24) is 4.98 Å². The van der Waals surface area contributed by atoms with E-state index in [0.717, 1.165) is 12.1 Å². The summed E-state index contributed by atoms with van der Waals surface area (Å²) >= 11 is 0. The van der Waals surface area contributed by atoms with E-state index in [1.807, 2.05) is 25.1 Å². The van der Waals surface area contributed by atoms with Crippen LogP contribution in [-0.4, -0.2) is 15.9 Å². The Morgan fingerprint density at radius 2 is 2.05 bits per heavy atom. The van der Waals surface area contributed by atoms with Crippen LogP contribution in [0.1, 0.15) is 64.4 Å². The number of Topliss-reactive ketones (excluding diaryl/α,β-unsaturated/α-hetero) is 1. The van der Waals surface area contributed by atoms with Gasteiger partial charge in [0.1, 0.15) is 5.78 Å². The van der Waals surface area contributed by atoms with E-state index in [-0.39, 0.29) is 11.2 Å². The van der Waals surface area contributed by atoms with Gasteiger partial charge in [0.25, 0.3) is 0 Å². The molecule has 0 radical (unpaired) electrons. The van der Waals surface area contributed by atoms with Gasteiger partial charge in [-0.25, -0.2) is 0 Å². The molecule has 0 amide bonds. The molecular weight excluding hydrogens is 238 g/mol. The lowest BCUT2D eigenvalue weighted by Crippen LogP contribution is -2.10. The number of nitrogens with zero attached hydrogens (tertiary/aromatic N) is 1. The minimum Gasteiger partial charge on any atom is -0.387 e. The van der Waals surface area contributed by atoms with E-state index in [1.165, 1.54) is 0 Å². The zero-order valence-electron chi connectivity index (χ0n) is 12.4. The van der Waals surface area contributed by atoms with Crippen molar-refractivity contribution in [2.45, 2.75) is 59.5 Å². The molecule has 3 nitrogen and oxygen atoms in total. The smallest absolute Gasteiger partial charge is 0.138 e. The highest BCUT2D eigenvalue weighted by atomic mass is 16.3.